The summed E-state index contributed by atoms with van der Waals surface area (Å²) in [6.07, 6.45) is 26.1. The molecular formula is C26H51NO4S. The molecule has 0 heterocycles. The molecule has 0 aliphatic rings. The molecule has 0 bridgehead atoms. The lowest BCUT2D eigenvalue weighted by molar-refractivity contribution is -0.122. The Bertz CT molecular complexity index is 548. The van der Waals surface area contributed by atoms with Gasteiger partial charge in [0.15, 0.2) is 0 Å². The smallest absolute Gasteiger partial charge is 0.268 e. The van der Waals surface area contributed by atoms with Crippen molar-refractivity contribution in [1.29, 1.82) is 0 Å². The molecule has 0 radical (unpaired) electrons. The van der Waals surface area contributed by atoms with Crippen LogP contribution in [0.15, 0.2) is 12.7 Å². The third kappa shape index (κ3) is 22.3. The number of amides is 1. The predicted octanol–water partition coefficient (Wildman–Crippen LogP) is 7.62. The summed E-state index contributed by atoms with van der Waals surface area (Å²) in [6, 6.07) is 0. The highest BCUT2D eigenvalue weighted by Crippen LogP contribution is 2.16. The van der Waals surface area contributed by atoms with Crippen molar-refractivity contribution in [3.8, 4) is 0 Å². The molecule has 5 nitrogen and oxygen atoms in total. The molecule has 0 aliphatic heterocycles. The first kappa shape index (κ1) is 31.1. The second kappa shape index (κ2) is 21.9. The predicted molar refractivity (Wildman–Crippen MR) is 136 cm³/mol. The van der Waals surface area contributed by atoms with Crippen molar-refractivity contribution in [3.05, 3.63) is 12.7 Å². The van der Waals surface area contributed by atoms with Gasteiger partial charge in [0.05, 0.1) is 5.75 Å². The van der Waals surface area contributed by atoms with Gasteiger partial charge in [-0.05, 0) is 18.4 Å². The fourth-order valence-electron chi connectivity index (χ4n) is 4.01. The maximum atomic E-state index is 11.8. The summed E-state index contributed by atoms with van der Waals surface area (Å²) in [5, 5.41) is 0. The van der Waals surface area contributed by atoms with Crippen molar-refractivity contribution in [1.82, 2.24) is 5.48 Å². The Labute approximate surface area is 199 Å². The molecule has 0 aromatic carbocycles. The van der Waals surface area contributed by atoms with Crippen molar-refractivity contribution in [3.63, 3.8) is 0 Å². The molecule has 1 atom stereocenters. The van der Waals surface area contributed by atoms with Gasteiger partial charge in [-0.25, -0.2) is 5.48 Å². The number of rotatable bonds is 24. The Balaban J connectivity index is 3.36. The minimum Gasteiger partial charge on any atom is -0.268 e. The first-order valence-electron chi connectivity index (χ1n) is 13.2. The van der Waals surface area contributed by atoms with Gasteiger partial charge >= 0.3 is 0 Å². The maximum absolute atomic E-state index is 11.8. The Kier molecular flexibility index (Phi) is 21.3. The number of nitrogens with one attached hydrogen (secondary N) is 1. The minimum absolute atomic E-state index is 0.0155. The van der Waals surface area contributed by atoms with Gasteiger partial charge in [0.1, 0.15) is 0 Å². The van der Waals surface area contributed by atoms with Crippen molar-refractivity contribution in [2.75, 3.05) is 5.75 Å². The van der Waals surface area contributed by atoms with Crippen molar-refractivity contribution >= 4 is 16.0 Å². The number of hydroxylamine groups is 1. The van der Waals surface area contributed by atoms with E-state index in [1.165, 1.54) is 103 Å². The average molecular weight is 474 g/mol. The van der Waals surface area contributed by atoms with Crippen LogP contribution in [0.5, 0.6) is 0 Å². The van der Waals surface area contributed by atoms with Crippen molar-refractivity contribution in [2.45, 2.75) is 136 Å². The van der Waals surface area contributed by atoms with Crippen molar-refractivity contribution < 1.29 is 17.5 Å². The lowest BCUT2D eigenvalue weighted by Crippen LogP contribution is -2.28. The van der Waals surface area contributed by atoms with Crippen LogP contribution in [0.2, 0.25) is 0 Å². The molecule has 0 aromatic heterocycles. The maximum Gasteiger partial charge on any atom is 0.288 e. The van der Waals surface area contributed by atoms with E-state index in [1.807, 2.05) is 12.4 Å². The third-order valence-electron chi connectivity index (χ3n) is 5.99. The third-order valence-corrected chi connectivity index (χ3v) is 7.31. The Hall–Kier alpha value is -0.880. The van der Waals surface area contributed by atoms with E-state index in [0.29, 0.717) is 0 Å². The van der Waals surface area contributed by atoms with Gasteiger partial charge in [-0.1, -0.05) is 136 Å². The molecule has 0 spiro atoms. The highest BCUT2D eigenvalue weighted by Gasteiger charge is 2.17. The van der Waals surface area contributed by atoms with Crippen LogP contribution in [0.3, 0.4) is 0 Å². The van der Waals surface area contributed by atoms with Crippen LogP contribution in [0, 0.1) is 5.92 Å². The highest BCUT2D eigenvalue weighted by atomic mass is 32.2. The molecule has 0 rings (SSSR count). The topological polar surface area (TPSA) is 72.5 Å². The minimum atomic E-state index is -3.74. The van der Waals surface area contributed by atoms with E-state index < -0.39 is 16.0 Å². The lowest BCUT2D eigenvalue weighted by Gasteiger charge is -2.11. The van der Waals surface area contributed by atoms with Crippen LogP contribution in [0.1, 0.15) is 136 Å². The monoisotopic (exact) mass is 473 g/mol. The number of carbonyl (C=O) groups is 1. The van der Waals surface area contributed by atoms with Gasteiger partial charge < -0.3 is 0 Å². The van der Waals surface area contributed by atoms with Crippen LogP contribution in [0.25, 0.3) is 0 Å². The number of carbonyl (C=O) groups excluding carboxylic acids is 1. The second-order valence-electron chi connectivity index (χ2n) is 9.38. The standard InChI is InChI=1S/C26H51NO4S/c1-4-6-7-8-9-10-11-12-13-14-15-16-17-18-19-20-21-22-23-25(3)24-32(29,30)31-27-26(28)5-2/h5,25H,2,4,6-24H2,1,3H3,(H,27,28). The molecule has 0 aliphatic carbocycles. The number of hydrogen-bond acceptors (Lipinski definition) is 4. The normalized spacial score (nSPS) is 12.6. The van der Waals surface area contributed by atoms with Gasteiger partial charge in [-0.15, -0.1) is 4.28 Å². The summed E-state index contributed by atoms with van der Waals surface area (Å²) < 4.78 is 28.1. The fraction of sp³-hybridized carbons (Fsp3) is 0.885. The van der Waals surface area contributed by atoms with Crippen LogP contribution in [0.4, 0.5) is 0 Å². The fourth-order valence-corrected chi connectivity index (χ4v) is 5.15. The Morgan fingerprint density at radius 2 is 1.16 bits per heavy atom. The van der Waals surface area contributed by atoms with Crippen LogP contribution in [-0.2, 0) is 19.2 Å². The zero-order valence-electron chi connectivity index (χ0n) is 21.0. The molecule has 190 valence electrons. The quantitative estimate of drug-likeness (QED) is 0.0889. The Morgan fingerprint density at radius 3 is 1.53 bits per heavy atom. The van der Waals surface area contributed by atoms with Crippen LogP contribution in [-0.4, -0.2) is 20.1 Å². The summed E-state index contributed by atoms with van der Waals surface area (Å²) in [5.41, 5.74) is 1.86. The molecule has 0 fully saturated rings. The van der Waals surface area contributed by atoms with Gasteiger partial charge in [0.2, 0.25) is 0 Å². The molecule has 0 saturated heterocycles. The molecule has 0 aromatic rings. The average Bonchev–Trinajstić information content (AvgIpc) is 2.76. The second-order valence-corrected chi connectivity index (χ2v) is 11.0. The molecule has 1 N–H and O–H groups in total. The molecule has 1 unspecified atom stereocenters. The highest BCUT2D eigenvalue weighted by molar-refractivity contribution is 7.86. The van der Waals surface area contributed by atoms with Gasteiger partial charge in [0.25, 0.3) is 16.0 Å². The molecule has 6 heteroatoms. The van der Waals surface area contributed by atoms with Crippen molar-refractivity contribution in [2.24, 2.45) is 5.92 Å². The summed E-state index contributed by atoms with van der Waals surface area (Å²) in [5.74, 6) is -0.727. The zero-order valence-corrected chi connectivity index (χ0v) is 21.9. The van der Waals surface area contributed by atoms with E-state index in [1.54, 1.807) is 0 Å². The largest absolute Gasteiger partial charge is 0.288 e. The number of unbranched alkanes of at least 4 members (excludes halogenated alkanes) is 17. The Morgan fingerprint density at radius 1 is 0.781 bits per heavy atom. The molecule has 1 amide bonds. The van der Waals surface area contributed by atoms with E-state index in [2.05, 4.69) is 17.8 Å². The van der Waals surface area contributed by atoms with Crippen LogP contribution >= 0.6 is 0 Å². The first-order chi connectivity index (χ1) is 15.4. The van der Waals surface area contributed by atoms with Gasteiger partial charge in [0, 0.05) is 0 Å². The molecule has 32 heavy (non-hydrogen) atoms. The number of hydrogen-bond donors (Lipinski definition) is 1. The summed E-state index contributed by atoms with van der Waals surface area (Å²) in [6.45, 7) is 7.43. The summed E-state index contributed by atoms with van der Waals surface area (Å²) >= 11 is 0. The zero-order chi connectivity index (χ0) is 23.9. The molecule has 0 saturated carbocycles. The SMILES string of the molecule is C=CC(=O)NOS(=O)(=O)CC(C)CCCCCCCCCCCCCCCCCCCC. The van der Waals surface area contributed by atoms with Gasteiger partial charge in [-0.2, -0.15) is 8.42 Å². The first-order valence-corrected chi connectivity index (χ1v) is 14.8. The van der Waals surface area contributed by atoms with E-state index in [9.17, 15) is 13.2 Å². The van der Waals surface area contributed by atoms with Gasteiger partial charge in [-0.3, -0.25) is 4.79 Å². The van der Waals surface area contributed by atoms with E-state index in [4.69, 9.17) is 0 Å². The lowest BCUT2D eigenvalue weighted by atomic mass is 10.0. The van der Waals surface area contributed by atoms with E-state index in [0.717, 1.165) is 25.3 Å². The van der Waals surface area contributed by atoms with Crippen LogP contribution < -0.4 is 5.48 Å². The molecular weight excluding hydrogens is 422 g/mol. The summed E-state index contributed by atoms with van der Waals surface area (Å²) in [4.78, 5) is 11.0. The van der Waals surface area contributed by atoms with E-state index >= 15 is 0 Å². The summed E-state index contributed by atoms with van der Waals surface area (Å²) in [7, 11) is -3.74. The van der Waals surface area contributed by atoms with E-state index in [-0.39, 0.29) is 11.7 Å².